The number of rotatable bonds is 5. The van der Waals surface area contributed by atoms with E-state index in [0.29, 0.717) is 24.5 Å². The van der Waals surface area contributed by atoms with Gasteiger partial charge in [0.25, 0.3) is 0 Å². The predicted octanol–water partition coefficient (Wildman–Crippen LogP) is 0.371. The number of amides is 2. The summed E-state index contributed by atoms with van der Waals surface area (Å²) in [5.41, 5.74) is 1.47. The van der Waals surface area contributed by atoms with Gasteiger partial charge >= 0.3 is 0 Å². The second-order valence-electron chi connectivity index (χ2n) is 7.46. The highest BCUT2D eigenvalue weighted by Gasteiger charge is 2.66. The van der Waals surface area contributed by atoms with Crippen LogP contribution in [0.15, 0.2) is 41.3 Å². The average molecular weight is 381 g/mol. The van der Waals surface area contributed by atoms with E-state index in [4.69, 9.17) is 4.74 Å². The Morgan fingerprint density at radius 2 is 2.18 bits per heavy atom. The minimum Gasteiger partial charge on any atom is -0.360 e. The predicted molar refractivity (Wildman–Crippen MR) is 94.3 cm³/mol. The number of hydrogen-bond donors (Lipinski definition) is 1. The van der Waals surface area contributed by atoms with Gasteiger partial charge < -0.3 is 15.0 Å². The molecule has 9 nitrogen and oxygen atoms in total. The van der Waals surface area contributed by atoms with E-state index < -0.39 is 17.4 Å². The summed E-state index contributed by atoms with van der Waals surface area (Å²) in [6, 6.07) is 3.76. The zero-order chi connectivity index (χ0) is 19.3. The van der Waals surface area contributed by atoms with E-state index in [0.717, 1.165) is 5.56 Å². The maximum absolute atomic E-state index is 13.2. The molecule has 2 amide bonds. The van der Waals surface area contributed by atoms with Crippen molar-refractivity contribution in [3.05, 3.63) is 53.6 Å². The van der Waals surface area contributed by atoms with Crippen LogP contribution in [0.25, 0.3) is 0 Å². The smallest absolute Gasteiger partial charge is 0.230 e. The Morgan fingerprint density at radius 1 is 1.36 bits per heavy atom. The second-order valence-corrected chi connectivity index (χ2v) is 7.46. The lowest BCUT2D eigenvalue weighted by Crippen LogP contribution is -2.44. The van der Waals surface area contributed by atoms with Crippen LogP contribution in [0, 0.1) is 18.8 Å². The Hall–Kier alpha value is -3.07. The number of aryl methyl sites for hydroxylation is 1. The van der Waals surface area contributed by atoms with Gasteiger partial charge in [-0.1, -0.05) is 22.5 Å². The van der Waals surface area contributed by atoms with Crippen molar-refractivity contribution in [2.45, 2.75) is 31.7 Å². The van der Waals surface area contributed by atoms with Crippen LogP contribution in [0.4, 0.5) is 0 Å². The summed E-state index contributed by atoms with van der Waals surface area (Å²) in [6.07, 6.45) is 6.87. The Bertz CT molecular complexity index is 958. The average Bonchev–Trinajstić information content (AvgIpc) is 3.43. The van der Waals surface area contributed by atoms with E-state index in [1.54, 1.807) is 24.2 Å². The quantitative estimate of drug-likeness (QED) is 0.745. The van der Waals surface area contributed by atoms with Gasteiger partial charge in [-0.05, 0) is 24.6 Å². The van der Waals surface area contributed by atoms with E-state index in [-0.39, 0.29) is 24.5 Å². The fourth-order valence-electron chi connectivity index (χ4n) is 4.42. The molecule has 1 spiro atoms. The Morgan fingerprint density at radius 3 is 2.93 bits per heavy atom. The molecule has 2 bridgehead atoms. The van der Waals surface area contributed by atoms with Gasteiger partial charge in [0.05, 0.1) is 31.0 Å². The first-order valence-electron chi connectivity index (χ1n) is 9.18. The molecule has 0 radical (unpaired) electrons. The third kappa shape index (κ3) is 2.54. The number of hydrogen-bond acceptors (Lipinski definition) is 7. The molecule has 2 aromatic heterocycles. The molecule has 0 unspecified atom stereocenters. The molecule has 0 aromatic carbocycles. The lowest BCUT2D eigenvalue weighted by atomic mass is 9.77. The summed E-state index contributed by atoms with van der Waals surface area (Å²) in [7, 11) is 0. The third-order valence-electron chi connectivity index (χ3n) is 5.78. The maximum Gasteiger partial charge on any atom is 0.230 e. The van der Waals surface area contributed by atoms with Crippen molar-refractivity contribution in [2.24, 2.45) is 11.8 Å². The van der Waals surface area contributed by atoms with Gasteiger partial charge in [-0.2, -0.15) is 0 Å². The van der Waals surface area contributed by atoms with E-state index in [2.05, 4.69) is 25.2 Å². The minimum absolute atomic E-state index is 0.0527. The number of nitrogens with one attached hydrogen (secondary N) is 1. The van der Waals surface area contributed by atoms with Crippen LogP contribution >= 0.6 is 0 Å². The normalized spacial score (nSPS) is 30.1. The first-order valence-corrected chi connectivity index (χ1v) is 9.18. The summed E-state index contributed by atoms with van der Waals surface area (Å²) in [4.78, 5) is 31.8. The number of carbonyl (C=O) groups is 2. The van der Waals surface area contributed by atoms with Crippen molar-refractivity contribution in [3.63, 3.8) is 0 Å². The number of fused-ring (bicyclic) bond motifs is 1. The molecule has 0 saturated carbocycles. The molecular formula is C19H19N5O4. The monoisotopic (exact) mass is 381 g/mol. The summed E-state index contributed by atoms with van der Waals surface area (Å²) < 4.78 is 10.8. The number of carbonyl (C=O) groups excluding carboxylic acids is 2. The molecule has 1 N–H and O–H groups in total. The van der Waals surface area contributed by atoms with Crippen LogP contribution in [-0.2, 0) is 27.4 Å². The first kappa shape index (κ1) is 17.1. The van der Waals surface area contributed by atoms with Crippen LogP contribution in [0.2, 0.25) is 0 Å². The molecule has 2 aromatic rings. The SMILES string of the molecule is Cc1nonc1CNC(=O)[C@H]1[C@H]2C(=O)N(Cc3ccncc3)C[C@@]23C=C[C@H]1O3. The Balaban J connectivity index is 1.34. The first-order chi connectivity index (χ1) is 13.6. The summed E-state index contributed by atoms with van der Waals surface area (Å²) in [5.74, 6) is -1.34. The van der Waals surface area contributed by atoms with Crippen molar-refractivity contribution >= 4 is 11.8 Å². The fraction of sp³-hybridized carbons (Fsp3) is 0.421. The zero-order valence-electron chi connectivity index (χ0n) is 15.2. The summed E-state index contributed by atoms with van der Waals surface area (Å²) in [5, 5.41) is 10.3. The van der Waals surface area contributed by atoms with E-state index in [9.17, 15) is 9.59 Å². The molecule has 5 heterocycles. The number of pyridine rings is 1. The van der Waals surface area contributed by atoms with Crippen molar-refractivity contribution in [2.75, 3.05) is 6.54 Å². The largest absolute Gasteiger partial charge is 0.360 e. The van der Waals surface area contributed by atoms with Crippen molar-refractivity contribution < 1.29 is 19.0 Å². The zero-order valence-corrected chi connectivity index (χ0v) is 15.2. The molecule has 2 fully saturated rings. The molecule has 3 aliphatic heterocycles. The standard InChI is InChI=1S/C19H19N5O4/c1-11-13(23-28-22-11)8-21-17(25)15-14-2-5-19(27-14)10-24(18(26)16(15)19)9-12-3-6-20-7-4-12/h2-7,14-16H,8-10H2,1H3,(H,21,25)/t14-,15-,16+,19+/m1/s1. The van der Waals surface area contributed by atoms with Gasteiger partial charge in [0.2, 0.25) is 11.8 Å². The molecule has 3 aliphatic rings. The third-order valence-corrected chi connectivity index (χ3v) is 5.78. The van der Waals surface area contributed by atoms with Gasteiger partial charge in [0.15, 0.2) is 0 Å². The van der Waals surface area contributed by atoms with Gasteiger partial charge in [-0.3, -0.25) is 14.6 Å². The number of likely N-dealkylation sites (tertiary alicyclic amines) is 1. The molecule has 9 heteroatoms. The van der Waals surface area contributed by atoms with Crippen LogP contribution in [0.3, 0.4) is 0 Å². The molecule has 2 saturated heterocycles. The van der Waals surface area contributed by atoms with Crippen LogP contribution in [-0.4, -0.2) is 50.3 Å². The van der Waals surface area contributed by atoms with Crippen molar-refractivity contribution in [3.8, 4) is 0 Å². The summed E-state index contributed by atoms with van der Waals surface area (Å²) >= 11 is 0. The topological polar surface area (TPSA) is 110 Å². The van der Waals surface area contributed by atoms with Gasteiger partial charge in [0, 0.05) is 18.9 Å². The van der Waals surface area contributed by atoms with E-state index in [1.807, 2.05) is 24.3 Å². The molecular weight excluding hydrogens is 362 g/mol. The fourth-order valence-corrected chi connectivity index (χ4v) is 4.42. The van der Waals surface area contributed by atoms with Crippen LogP contribution in [0.5, 0.6) is 0 Å². The van der Waals surface area contributed by atoms with Gasteiger partial charge in [-0.15, -0.1) is 0 Å². The highest BCUT2D eigenvalue weighted by molar-refractivity contribution is 5.93. The molecule has 4 atom stereocenters. The van der Waals surface area contributed by atoms with E-state index in [1.165, 1.54) is 0 Å². The van der Waals surface area contributed by atoms with E-state index >= 15 is 0 Å². The molecule has 28 heavy (non-hydrogen) atoms. The van der Waals surface area contributed by atoms with Gasteiger partial charge in [-0.25, -0.2) is 4.63 Å². The van der Waals surface area contributed by atoms with Crippen LogP contribution in [0.1, 0.15) is 17.0 Å². The van der Waals surface area contributed by atoms with Crippen LogP contribution < -0.4 is 5.32 Å². The lowest BCUT2D eigenvalue weighted by molar-refractivity contribution is -0.137. The lowest BCUT2D eigenvalue weighted by Gasteiger charge is -2.23. The Labute approximate surface area is 160 Å². The van der Waals surface area contributed by atoms with Crippen molar-refractivity contribution in [1.29, 1.82) is 0 Å². The molecule has 144 valence electrons. The number of ether oxygens (including phenoxy) is 1. The highest BCUT2D eigenvalue weighted by Crippen LogP contribution is 2.52. The Kier molecular flexibility index (Phi) is 3.80. The molecule has 0 aliphatic carbocycles. The maximum atomic E-state index is 13.2. The highest BCUT2D eigenvalue weighted by atomic mass is 16.6. The number of nitrogens with zero attached hydrogens (tertiary/aromatic N) is 4. The molecule has 5 rings (SSSR count). The second kappa shape index (κ2) is 6.23. The minimum atomic E-state index is -0.720. The van der Waals surface area contributed by atoms with Gasteiger partial charge in [0.1, 0.15) is 17.0 Å². The summed E-state index contributed by atoms with van der Waals surface area (Å²) in [6.45, 7) is 2.88. The van der Waals surface area contributed by atoms with Crippen molar-refractivity contribution in [1.82, 2.24) is 25.5 Å². The number of aromatic nitrogens is 3.